The molecule has 4 nitrogen and oxygen atoms in total. The summed E-state index contributed by atoms with van der Waals surface area (Å²) in [5, 5.41) is 0. The molecule has 0 aromatic carbocycles. The highest BCUT2D eigenvalue weighted by atomic mass is 16.6. The lowest BCUT2D eigenvalue weighted by molar-refractivity contribution is 0.0148. The first-order valence-electron chi connectivity index (χ1n) is 7.10. The summed E-state index contributed by atoms with van der Waals surface area (Å²) in [5.41, 5.74) is 5.85. The van der Waals surface area contributed by atoms with E-state index in [0.29, 0.717) is 11.8 Å². The molecule has 1 saturated carbocycles. The number of rotatable bonds is 2. The van der Waals surface area contributed by atoms with Crippen LogP contribution in [0.2, 0.25) is 0 Å². The van der Waals surface area contributed by atoms with Crippen molar-refractivity contribution in [3.63, 3.8) is 0 Å². The third-order valence-electron chi connectivity index (χ3n) is 3.82. The summed E-state index contributed by atoms with van der Waals surface area (Å²) in [6.07, 6.45) is 4.55. The quantitative estimate of drug-likeness (QED) is 0.823. The Kier molecular flexibility index (Phi) is 3.85. The lowest BCUT2D eigenvalue weighted by atomic mass is 9.89. The van der Waals surface area contributed by atoms with Gasteiger partial charge in [-0.15, -0.1) is 0 Å². The number of likely N-dealkylation sites (tertiary alicyclic amines) is 1. The Balaban J connectivity index is 1.87. The molecule has 0 aromatic heterocycles. The monoisotopic (exact) mass is 254 g/mol. The minimum atomic E-state index is -0.414. The van der Waals surface area contributed by atoms with Gasteiger partial charge in [0.05, 0.1) is 0 Å². The fourth-order valence-corrected chi connectivity index (χ4v) is 2.68. The fourth-order valence-electron chi connectivity index (χ4n) is 2.68. The molecule has 4 heteroatoms. The van der Waals surface area contributed by atoms with Crippen LogP contribution in [0.25, 0.3) is 0 Å². The third-order valence-corrected chi connectivity index (χ3v) is 3.82. The minimum Gasteiger partial charge on any atom is -0.444 e. The van der Waals surface area contributed by atoms with Gasteiger partial charge in [-0.1, -0.05) is 0 Å². The van der Waals surface area contributed by atoms with E-state index < -0.39 is 5.60 Å². The van der Waals surface area contributed by atoms with Gasteiger partial charge in [0.2, 0.25) is 0 Å². The van der Waals surface area contributed by atoms with Gasteiger partial charge in [0.1, 0.15) is 5.60 Å². The van der Waals surface area contributed by atoms with E-state index in [-0.39, 0.29) is 12.1 Å². The van der Waals surface area contributed by atoms with Gasteiger partial charge in [0.25, 0.3) is 0 Å². The standard InChI is InChI=1S/C14H26N2O2/c1-14(2,3)18-13(17)16-8-4-5-11(9-16)12(15)10-6-7-10/h10-12H,4-9,15H2,1-3H3. The van der Waals surface area contributed by atoms with Crippen molar-refractivity contribution >= 4 is 6.09 Å². The molecule has 2 unspecified atom stereocenters. The molecular formula is C14H26N2O2. The van der Waals surface area contributed by atoms with Crippen LogP contribution >= 0.6 is 0 Å². The zero-order valence-corrected chi connectivity index (χ0v) is 11.8. The van der Waals surface area contributed by atoms with Gasteiger partial charge < -0.3 is 15.4 Å². The number of carbonyl (C=O) groups is 1. The Morgan fingerprint density at radius 3 is 2.50 bits per heavy atom. The first-order chi connectivity index (χ1) is 8.37. The second kappa shape index (κ2) is 5.08. The molecule has 1 amide bonds. The summed E-state index contributed by atoms with van der Waals surface area (Å²) >= 11 is 0. The zero-order valence-electron chi connectivity index (χ0n) is 11.8. The largest absolute Gasteiger partial charge is 0.444 e. The van der Waals surface area contributed by atoms with Crippen molar-refractivity contribution in [1.29, 1.82) is 0 Å². The first-order valence-corrected chi connectivity index (χ1v) is 7.10. The molecule has 0 bridgehead atoms. The number of piperidine rings is 1. The molecule has 2 rings (SSSR count). The summed E-state index contributed by atoms with van der Waals surface area (Å²) in [6, 6.07) is 0.273. The van der Waals surface area contributed by atoms with E-state index in [1.165, 1.54) is 12.8 Å². The van der Waals surface area contributed by atoms with Crippen LogP contribution < -0.4 is 5.73 Å². The molecule has 2 atom stereocenters. The Bertz CT molecular complexity index is 307. The van der Waals surface area contributed by atoms with Crippen LogP contribution in [-0.4, -0.2) is 35.7 Å². The molecule has 0 radical (unpaired) electrons. The maximum Gasteiger partial charge on any atom is 0.410 e. The van der Waals surface area contributed by atoms with Crippen molar-refractivity contribution in [2.24, 2.45) is 17.6 Å². The normalized spacial score (nSPS) is 26.9. The third kappa shape index (κ3) is 3.61. The van der Waals surface area contributed by atoms with Crippen LogP contribution in [0, 0.1) is 11.8 Å². The van der Waals surface area contributed by atoms with Gasteiger partial charge in [-0.3, -0.25) is 0 Å². The summed E-state index contributed by atoms with van der Waals surface area (Å²) in [5.74, 6) is 1.16. The predicted molar refractivity (Wildman–Crippen MR) is 71.2 cm³/mol. The number of carbonyl (C=O) groups excluding carboxylic acids is 1. The highest BCUT2D eigenvalue weighted by Crippen LogP contribution is 2.37. The number of amides is 1. The molecule has 0 spiro atoms. The van der Waals surface area contributed by atoms with Crippen molar-refractivity contribution in [2.45, 2.75) is 58.1 Å². The van der Waals surface area contributed by atoms with E-state index >= 15 is 0 Å². The molecule has 0 aromatic rings. The minimum absolute atomic E-state index is 0.185. The summed E-state index contributed by atoms with van der Waals surface area (Å²) < 4.78 is 5.43. The van der Waals surface area contributed by atoms with E-state index in [2.05, 4.69) is 0 Å². The highest BCUT2D eigenvalue weighted by molar-refractivity contribution is 5.68. The van der Waals surface area contributed by atoms with Crippen LogP contribution in [0.15, 0.2) is 0 Å². The number of nitrogens with two attached hydrogens (primary N) is 1. The summed E-state index contributed by atoms with van der Waals surface area (Å²) in [4.78, 5) is 13.9. The number of nitrogens with zero attached hydrogens (tertiary/aromatic N) is 1. The summed E-state index contributed by atoms with van der Waals surface area (Å²) in [7, 11) is 0. The average Bonchev–Trinajstić information content (AvgIpc) is 3.10. The highest BCUT2D eigenvalue weighted by Gasteiger charge is 2.37. The van der Waals surface area contributed by atoms with E-state index in [0.717, 1.165) is 25.9 Å². The summed E-state index contributed by atoms with van der Waals surface area (Å²) in [6.45, 7) is 7.29. The molecule has 1 heterocycles. The molecule has 2 aliphatic rings. The van der Waals surface area contributed by atoms with Crippen molar-refractivity contribution in [3.8, 4) is 0 Å². The van der Waals surface area contributed by atoms with Crippen molar-refractivity contribution in [1.82, 2.24) is 4.90 Å². The molecule has 1 aliphatic heterocycles. The Hall–Kier alpha value is -0.770. The molecular weight excluding hydrogens is 228 g/mol. The first kappa shape index (κ1) is 13.7. The van der Waals surface area contributed by atoms with Gasteiger partial charge in [-0.05, 0) is 58.3 Å². The van der Waals surface area contributed by atoms with Gasteiger partial charge in [-0.2, -0.15) is 0 Å². The zero-order chi connectivity index (χ0) is 13.3. The maximum atomic E-state index is 12.0. The van der Waals surface area contributed by atoms with E-state index in [4.69, 9.17) is 10.5 Å². The molecule has 104 valence electrons. The van der Waals surface area contributed by atoms with E-state index in [1.807, 2.05) is 25.7 Å². The van der Waals surface area contributed by atoms with Crippen LogP contribution in [0.3, 0.4) is 0 Å². The van der Waals surface area contributed by atoms with Crippen LogP contribution in [-0.2, 0) is 4.74 Å². The number of hydrogen-bond acceptors (Lipinski definition) is 3. The Morgan fingerprint density at radius 1 is 1.28 bits per heavy atom. The fraction of sp³-hybridized carbons (Fsp3) is 0.929. The van der Waals surface area contributed by atoms with E-state index in [9.17, 15) is 4.79 Å². The number of hydrogen-bond donors (Lipinski definition) is 1. The van der Waals surface area contributed by atoms with Crippen LogP contribution in [0.1, 0.15) is 46.5 Å². The molecule has 1 aliphatic carbocycles. The smallest absolute Gasteiger partial charge is 0.410 e. The Labute approximate surface area is 110 Å². The molecule has 18 heavy (non-hydrogen) atoms. The predicted octanol–water partition coefficient (Wildman–Crippen LogP) is 2.37. The van der Waals surface area contributed by atoms with Gasteiger partial charge in [0, 0.05) is 19.1 Å². The lowest BCUT2D eigenvalue weighted by Crippen LogP contribution is -2.48. The van der Waals surface area contributed by atoms with Gasteiger partial charge in [-0.25, -0.2) is 4.79 Å². The maximum absolute atomic E-state index is 12.0. The second-order valence-electron chi connectivity index (χ2n) is 6.74. The van der Waals surface area contributed by atoms with Crippen LogP contribution in [0.5, 0.6) is 0 Å². The number of ether oxygens (including phenoxy) is 1. The lowest BCUT2D eigenvalue weighted by Gasteiger charge is -2.36. The average molecular weight is 254 g/mol. The topological polar surface area (TPSA) is 55.6 Å². The van der Waals surface area contributed by atoms with E-state index in [1.54, 1.807) is 0 Å². The van der Waals surface area contributed by atoms with Crippen molar-refractivity contribution < 1.29 is 9.53 Å². The van der Waals surface area contributed by atoms with Crippen molar-refractivity contribution in [3.05, 3.63) is 0 Å². The molecule has 2 fully saturated rings. The molecule has 2 N–H and O–H groups in total. The Morgan fingerprint density at radius 2 is 1.94 bits per heavy atom. The van der Waals surface area contributed by atoms with Crippen LogP contribution in [0.4, 0.5) is 4.79 Å². The van der Waals surface area contributed by atoms with Crippen molar-refractivity contribution in [2.75, 3.05) is 13.1 Å². The van der Waals surface area contributed by atoms with Gasteiger partial charge in [0.15, 0.2) is 0 Å². The SMILES string of the molecule is CC(C)(C)OC(=O)N1CCCC(C(N)C2CC2)C1. The van der Waals surface area contributed by atoms with Gasteiger partial charge >= 0.3 is 6.09 Å². The molecule has 1 saturated heterocycles. The second-order valence-corrected chi connectivity index (χ2v) is 6.74.